The van der Waals surface area contributed by atoms with Crippen molar-refractivity contribution in [3.05, 3.63) is 71.6 Å². The van der Waals surface area contributed by atoms with Crippen LogP contribution in [0.3, 0.4) is 0 Å². The lowest BCUT2D eigenvalue weighted by Crippen LogP contribution is -2.37. The molecule has 0 aliphatic carbocycles. The highest BCUT2D eigenvalue weighted by Gasteiger charge is 2.16. The quantitative estimate of drug-likeness (QED) is 0.798. The molecule has 26 heavy (non-hydrogen) atoms. The van der Waals surface area contributed by atoms with E-state index in [1.165, 1.54) is 47.4 Å². The predicted molar refractivity (Wildman–Crippen MR) is 92.7 cm³/mol. The van der Waals surface area contributed by atoms with Gasteiger partial charge in [-0.1, -0.05) is 18.2 Å². The van der Waals surface area contributed by atoms with Crippen LogP contribution in [0.5, 0.6) is 0 Å². The first kappa shape index (κ1) is 19.2. The molecule has 0 aliphatic heterocycles. The van der Waals surface area contributed by atoms with Crippen LogP contribution in [-0.2, 0) is 9.59 Å². The van der Waals surface area contributed by atoms with E-state index in [0.29, 0.717) is 5.56 Å². The van der Waals surface area contributed by atoms with Crippen LogP contribution in [0.4, 0.5) is 18.9 Å². The maximum absolute atomic E-state index is 13.6. The predicted octanol–water partition coefficient (Wildman–Crippen LogP) is 3.60. The van der Waals surface area contributed by atoms with Crippen LogP contribution in [0, 0.1) is 17.5 Å². The zero-order chi connectivity index (χ0) is 19.1. The Morgan fingerprint density at radius 3 is 2.23 bits per heavy atom. The van der Waals surface area contributed by atoms with Gasteiger partial charge in [0.1, 0.15) is 29.7 Å². The average Bonchev–Trinajstić information content (AvgIpc) is 2.62. The lowest BCUT2D eigenvalue weighted by molar-refractivity contribution is -0.130. The molecule has 7 heteroatoms. The molecule has 0 heterocycles. The van der Waals surface area contributed by atoms with Gasteiger partial charge in [0.05, 0.1) is 0 Å². The zero-order valence-corrected chi connectivity index (χ0v) is 14.0. The van der Waals surface area contributed by atoms with E-state index in [9.17, 15) is 22.8 Å². The normalized spacial score (nSPS) is 10.8. The van der Waals surface area contributed by atoms with Crippen molar-refractivity contribution in [1.29, 1.82) is 0 Å². The molecule has 0 aromatic heterocycles. The minimum atomic E-state index is -0.899. The van der Waals surface area contributed by atoms with Crippen molar-refractivity contribution in [3.63, 3.8) is 0 Å². The lowest BCUT2D eigenvalue weighted by Gasteiger charge is -2.18. The highest BCUT2D eigenvalue weighted by molar-refractivity contribution is 5.98. The Kier molecular flexibility index (Phi) is 6.54. The number of carbonyl (C=O) groups is 2. The number of rotatable bonds is 6. The van der Waals surface area contributed by atoms with Crippen molar-refractivity contribution in [1.82, 2.24) is 4.90 Å². The molecule has 0 aliphatic rings. The first-order valence-corrected chi connectivity index (χ1v) is 7.87. The van der Waals surface area contributed by atoms with Crippen molar-refractivity contribution in [2.24, 2.45) is 0 Å². The number of nitrogens with one attached hydrogen (secondary N) is 1. The number of hydrogen-bond donors (Lipinski definition) is 1. The van der Waals surface area contributed by atoms with E-state index in [0.717, 1.165) is 12.1 Å². The summed E-state index contributed by atoms with van der Waals surface area (Å²) < 4.78 is 40.0. The van der Waals surface area contributed by atoms with Gasteiger partial charge in [-0.2, -0.15) is 0 Å². The van der Waals surface area contributed by atoms with E-state index < -0.39 is 29.1 Å². The van der Waals surface area contributed by atoms with Crippen LogP contribution in [0.1, 0.15) is 12.5 Å². The second kappa shape index (κ2) is 8.84. The number of carbonyl (C=O) groups excluding carboxylic acids is 2. The number of amides is 2. The third kappa shape index (κ3) is 5.20. The number of benzene rings is 2. The van der Waals surface area contributed by atoms with Gasteiger partial charge in [-0.25, -0.2) is 13.2 Å². The molecule has 2 rings (SSSR count). The number of anilines is 1. The molecule has 2 aromatic carbocycles. The SMILES string of the molecule is CCN(CC(=O)Nc1c(F)cccc1F)C(=O)/C=C/c1ccc(F)cc1. The minimum Gasteiger partial charge on any atom is -0.330 e. The fraction of sp³-hybridized carbons (Fsp3) is 0.158. The zero-order valence-electron chi connectivity index (χ0n) is 14.0. The van der Waals surface area contributed by atoms with E-state index in [1.54, 1.807) is 6.92 Å². The second-order valence-corrected chi connectivity index (χ2v) is 5.38. The largest absolute Gasteiger partial charge is 0.330 e. The van der Waals surface area contributed by atoms with E-state index in [2.05, 4.69) is 5.32 Å². The smallest absolute Gasteiger partial charge is 0.247 e. The van der Waals surface area contributed by atoms with Gasteiger partial charge in [-0.15, -0.1) is 0 Å². The van der Waals surface area contributed by atoms with Crippen LogP contribution < -0.4 is 5.32 Å². The van der Waals surface area contributed by atoms with Gasteiger partial charge in [-0.3, -0.25) is 9.59 Å². The molecule has 2 amide bonds. The Morgan fingerprint density at radius 1 is 1.04 bits per heavy atom. The van der Waals surface area contributed by atoms with Crippen LogP contribution >= 0.6 is 0 Å². The van der Waals surface area contributed by atoms with Gasteiger partial charge in [0.15, 0.2) is 0 Å². The highest BCUT2D eigenvalue weighted by atomic mass is 19.1. The number of para-hydroxylation sites is 1. The average molecular weight is 362 g/mol. The number of halogens is 3. The molecule has 4 nitrogen and oxygen atoms in total. The maximum Gasteiger partial charge on any atom is 0.247 e. The summed E-state index contributed by atoms with van der Waals surface area (Å²) in [6, 6.07) is 8.75. The second-order valence-electron chi connectivity index (χ2n) is 5.38. The van der Waals surface area contributed by atoms with Gasteiger partial charge in [0.25, 0.3) is 0 Å². The Bertz CT molecular complexity index is 800. The fourth-order valence-electron chi connectivity index (χ4n) is 2.16. The van der Waals surface area contributed by atoms with Crippen molar-refractivity contribution in [2.45, 2.75) is 6.92 Å². The summed E-state index contributed by atoms with van der Waals surface area (Å²) in [7, 11) is 0. The van der Waals surface area contributed by atoms with Crippen molar-refractivity contribution in [3.8, 4) is 0 Å². The molecule has 1 N–H and O–H groups in total. The van der Waals surface area contributed by atoms with Gasteiger partial charge in [0, 0.05) is 12.6 Å². The van der Waals surface area contributed by atoms with Crippen molar-refractivity contribution in [2.75, 3.05) is 18.4 Å². The summed E-state index contributed by atoms with van der Waals surface area (Å²) in [6.45, 7) is 1.53. The Hall–Kier alpha value is -3.09. The van der Waals surface area contributed by atoms with Crippen LogP contribution in [0.15, 0.2) is 48.5 Å². The first-order chi connectivity index (χ1) is 12.4. The topological polar surface area (TPSA) is 49.4 Å². The van der Waals surface area contributed by atoms with E-state index in [4.69, 9.17) is 0 Å². The van der Waals surface area contributed by atoms with Crippen LogP contribution in [-0.4, -0.2) is 29.8 Å². The summed E-state index contributed by atoms with van der Waals surface area (Å²) in [5, 5.41) is 2.13. The van der Waals surface area contributed by atoms with E-state index in [1.807, 2.05) is 0 Å². The molecular weight excluding hydrogens is 345 g/mol. The summed E-state index contributed by atoms with van der Waals surface area (Å²) in [4.78, 5) is 25.4. The number of nitrogens with zero attached hydrogens (tertiary/aromatic N) is 1. The number of likely N-dealkylation sites (N-methyl/N-ethyl adjacent to an activating group) is 1. The molecule has 0 unspecified atom stereocenters. The summed E-state index contributed by atoms with van der Waals surface area (Å²) >= 11 is 0. The Balaban J connectivity index is 2.00. The molecule has 0 bridgehead atoms. The Labute approximate surface area is 148 Å². The lowest BCUT2D eigenvalue weighted by atomic mass is 10.2. The standard InChI is InChI=1S/C19H17F3N2O2/c1-2-24(18(26)11-8-13-6-9-14(20)10-7-13)12-17(25)23-19-15(21)4-3-5-16(19)22/h3-11H,2,12H2,1H3,(H,23,25)/b11-8+. The Morgan fingerprint density at radius 2 is 1.65 bits per heavy atom. The van der Waals surface area contributed by atoms with E-state index >= 15 is 0 Å². The van der Waals surface area contributed by atoms with Crippen molar-refractivity contribution < 1.29 is 22.8 Å². The summed E-state index contributed by atoms with van der Waals surface area (Å²) in [5.74, 6) is -3.37. The molecule has 0 spiro atoms. The van der Waals surface area contributed by atoms with Gasteiger partial charge in [0.2, 0.25) is 11.8 Å². The molecule has 2 aromatic rings. The summed E-state index contributed by atoms with van der Waals surface area (Å²) in [5.41, 5.74) is 0.0662. The van der Waals surface area contributed by atoms with Gasteiger partial charge >= 0.3 is 0 Å². The first-order valence-electron chi connectivity index (χ1n) is 7.87. The maximum atomic E-state index is 13.6. The van der Waals surface area contributed by atoms with Gasteiger partial charge < -0.3 is 10.2 Å². The van der Waals surface area contributed by atoms with Crippen LogP contribution in [0.25, 0.3) is 6.08 Å². The van der Waals surface area contributed by atoms with E-state index in [-0.39, 0.29) is 18.9 Å². The summed E-state index contributed by atoms with van der Waals surface area (Å²) in [6.07, 6.45) is 2.73. The highest BCUT2D eigenvalue weighted by Crippen LogP contribution is 2.17. The molecule has 0 fully saturated rings. The fourth-order valence-corrected chi connectivity index (χ4v) is 2.16. The minimum absolute atomic E-state index is 0.222. The van der Waals surface area contributed by atoms with Crippen molar-refractivity contribution >= 4 is 23.6 Å². The molecule has 136 valence electrons. The number of hydrogen-bond acceptors (Lipinski definition) is 2. The third-order valence-corrected chi connectivity index (χ3v) is 3.54. The molecule has 0 saturated carbocycles. The third-order valence-electron chi connectivity index (χ3n) is 3.54. The molecule has 0 atom stereocenters. The molecular formula is C19H17F3N2O2. The molecule has 0 saturated heterocycles. The monoisotopic (exact) mass is 362 g/mol. The van der Waals surface area contributed by atoms with Gasteiger partial charge in [-0.05, 0) is 42.8 Å². The van der Waals surface area contributed by atoms with Crippen LogP contribution in [0.2, 0.25) is 0 Å². The molecule has 0 radical (unpaired) electrons.